The number of rotatable bonds is 6. The number of amides is 1. The Hall–Kier alpha value is -2.79. The number of anilines is 1. The lowest BCUT2D eigenvalue weighted by molar-refractivity contribution is -0.132. The highest BCUT2D eigenvalue weighted by Gasteiger charge is 2.18. The van der Waals surface area contributed by atoms with Gasteiger partial charge in [-0.3, -0.25) is 9.78 Å². The predicted molar refractivity (Wildman–Crippen MR) is 117 cm³/mol. The van der Waals surface area contributed by atoms with Crippen LogP contribution in [-0.4, -0.2) is 42.5 Å². The fourth-order valence-electron chi connectivity index (χ4n) is 3.73. The SMILES string of the molecule is CN(Cc1ccccc1N1CCCC1)C(=O)COc1ccc(Cl)c2cccnc12. The zero-order chi connectivity index (χ0) is 20.2. The van der Waals surface area contributed by atoms with Crippen molar-refractivity contribution >= 4 is 34.1 Å². The molecule has 2 aromatic carbocycles. The van der Waals surface area contributed by atoms with Crippen molar-refractivity contribution in [2.24, 2.45) is 0 Å². The van der Waals surface area contributed by atoms with Crippen LogP contribution in [0.25, 0.3) is 10.9 Å². The van der Waals surface area contributed by atoms with Crippen LogP contribution in [0, 0.1) is 0 Å². The molecule has 0 radical (unpaired) electrons. The van der Waals surface area contributed by atoms with E-state index < -0.39 is 0 Å². The quantitative estimate of drug-likeness (QED) is 0.600. The van der Waals surface area contributed by atoms with Crippen LogP contribution in [0.3, 0.4) is 0 Å². The molecular formula is C23H24ClN3O2. The van der Waals surface area contributed by atoms with E-state index in [1.807, 2.05) is 25.2 Å². The molecule has 5 nitrogen and oxygen atoms in total. The Kier molecular flexibility index (Phi) is 5.86. The normalized spacial score (nSPS) is 13.7. The van der Waals surface area contributed by atoms with E-state index in [2.05, 4.69) is 28.1 Å². The first-order valence-corrected chi connectivity index (χ1v) is 10.2. The Morgan fingerprint density at radius 3 is 2.76 bits per heavy atom. The third-order valence-corrected chi connectivity index (χ3v) is 5.63. The summed E-state index contributed by atoms with van der Waals surface area (Å²) in [5.74, 6) is 0.476. The number of para-hydroxylation sites is 1. The highest BCUT2D eigenvalue weighted by atomic mass is 35.5. The van der Waals surface area contributed by atoms with E-state index in [1.54, 1.807) is 23.2 Å². The van der Waals surface area contributed by atoms with Gasteiger partial charge in [-0.05, 0) is 48.7 Å². The number of halogens is 1. The standard InChI is InChI=1S/C23H24ClN3O2/c1-26(15-17-7-2-3-9-20(17)27-13-4-5-14-27)22(28)16-29-21-11-10-19(24)18-8-6-12-25-23(18)21/h2-3,6-12H,4-5,13-16H2,1H3. The minimum absolute atomic E-state index is 0.0459. The van der Waals surface area contributed by atoms with Crippen LogP contribution in [0.4, 0.5) is 5.69 Å². The summed E-state index contributed by atoms with van der Waals surface area (Å²) in [7, 11) is 1.81. The molecule has 1 amide bonds. The Balaban J connectivity index is 1.43. The van der Waals surface area contributed by atoms with Crippen molar-refractivity contribution in [3.05, 3.63) is 65.3 Å². The Morgan fingerprint density at radius 1 is 1.14 bits per heavy atom. The van der Waals surface area contributed by atoms with E-state index in [-0.39, 0.29) is 12.5 Å². The summed E-state index contributed by atoms with van der Waals surface area (Å²) in [5.41, 5.74) is 3.04. The van der Waals surface area contributed by atoms with Gasteiger partial charge in [-0.25, -0.2) is 0 Å². The molecule has 0 N–H and O–H groups in total. The number of nitrogens with zero attached hydrogens (tertiary/aromatic N) is 3. The number of hydrogen-bond donors (Lipinski definition) is 0. The van der Waals surface area contributed by atoms with Gasteiger partial charge in [0.15, 0.2) is 6.61 Å². The number of ether oxygens (including phenoxy) is 1. The van der Waals surface area contributed by atoms with E-state index in [0.29, 0.717) is 22.8 Å². The zero-order valence-electron chi connectivity index (χ0n) is 16.5. The lowest BCUT2D eigenvalue weighted by Crippen LogP contribution is -2.32. The van der Waals surface area contributed by atoms with E-state index in [0.717, 1.165) is 24.0 Å². The molecule has 0 atom stereocenters. The van der Waals surface area contributed by atoms with Crippen LogP contribution in [0.15, 0.2) is 54.7 Å². The fourth-order valence-corrected chi connectivity index (χ4v) is 3.95. The number of carbonyl (C=O) groups excluding carboxylic acids is 1. The van der Waals surface area contributed by atoms with Crippen LogP contribution in [0.5, 0.6) is 5.75 Å². The summed E-state index contributed by atoms with van der Waals surface area (Å²) in [5, 5.41) is 1.43. The molecule has 150 valence electrons. The first kappa shape index (κ1) is 19.5. The summed E-state index contributed by atoms with van der Waals surface area (Å²) in [6.45, 7) is 2.66. The van der Waals surface area contributed by atoms with Gasteiger partial charge in [0, 0.05) is 44.0 Å². The van der Waals surface area contributed by atoms with Gasteiger partial charge in [0.1, 0.15) is 11.3 Å². The highest BCUT2D eigenvalue weighted by Crippen LogP contribution is 2.30. The molecule has 1 aliphatic rings. The number of carbonyl (C=O) groups is 1. The number of aromatic nitrogens is 1. The van der Waals surface area contributed by atoms with Crippen LogP contribution in [0.1, 0.15) is 18.4 Å². The molecule has 4 rings (SSSR count). The van der Waals surface area contributed by atoms with Crippen molar-refractivity contribution in [1.29, 1.82) is 0 Å². The molecule has 0 unspecified atom stereocenters. The van der Waals surface area contributed by atoms with Crippen molar-refractivity contribution in [3.63, 3.8) is 0 Å². The van der Waals surface area contributed by atoms with E-state index >= 15 is 0 Å². The fraction of sp³-hybridized carbons (Fsp3) is 0.304. The minimum Gasteiger partial charge on any atom is -0.481 e. The maximum Gasteiger partial charge on any atom is 0.260 e. The van der Waals surface area contributed by atoms with Crippen molar-refractivity contribution < 1.29 is 9.53 Å². The summed E-state index contributed by atoms with van der Waals surface area (Å²) in [6, 6.07) is 15.6. The summed E-state index contributed by atoms with van der Waals surface area (Å²) >= 11 is 6.23. The molecule has 2 heterocycles. The molecule has 1 saturated heterocycles. The van der Waals surface area contributed by atoms with Crippen LogP contribution >= 0.6 is 11.6 Å². The van der Waals surface area contributed by atoms with Gasteiger partial charge in [-0.2, -0.15) is 0 Å². The summed E-state index contributed by atoms with van der Waals surface area (Å²) in [4.78, 5) is 21.2. The number of hydrogen-bond acceptors (Lipinski definition) is 4. The Morgan fingerprint density at radius 2 is 1.93 bits per heavy atom. The van der Waals surface area contributed by atoms with Crippen molar-refractivity contribution in [1.82, 2.24) is 9.88 Å². The van der Waals surface area contributed by atoms with Crippen molar-refractivity contribution in [2.75, 3.05) is 31.6 Å². The largest absolute Gasteiger partial charge is 0.481 e. The van der Waals surface area contributed by atoms with Gasteiger partial charge in [-0.1, -0.05) is 29.8 Å². The Labute approximate surface area is 175 Å². The first-order chi connectivity index (χ1) is 14.1. The van der Waals surface area contributed by atoms with Gasteiger partial charge in [0.05, 0.1) is 5.02 Å². The molecule has 1 aromatic heterocycles. The van der Waals surface area contributed by atoms with E-state index in [1.165, 1.54) is 18.5 Å². The highest BCUT2D eigenvalue weighted by molar-refractivity contribution is 6.35. The molecule has 1 fully saturated rings. The topological polar surface area (TPSA) is 45.7 Å². The second-order valence-corrected chi connectivity index (χ2v) is 7.71. The van der Waals surface area contributed by atoms with Crippen LogP contribution in [-0.2, 0) is 11.3 Å². The molecule has 1 aliphatic heterocycles. The number of pyridine rings is 1. The van der Waals surface area contributed by atoms with Crippen molar-refractivity contribution in [2.45, 2.75) is 19.4 Å². The third kappa shape index (κ3) is 4.30. The molecular weight excluding hydrogens is 386 g/mol. The van der Waals surface area contributed by atoms with Gasteiger partial charge in [0.2, 0.25) is 0 Å². The number of fused-ring (bicyclic) bond motifs is 1. The molecule has 0 spiro atoms. The Bertz CT molecular complexity index is 1020. The van der Waals surface area contributed by atoms with E-state index in [4.69, 9.17) is 16.3 Å². The van der Waals surface area contributed by atoms with Crippen molar-refractivity contribution in [3.8, 4) is 5.75 Å². The van der Waals surface area contributed by atoms with Gasteiger partial charge >= 0.3 is 0 Å². The molecule has 0 aliphatic carbocycles. The minimum atomic E-state index is -0.0831. The lowest BCUT2D eigenvalue weighted by Gasteiger charge is -2.24. The van der Waals surface area contributed by atoms with E-state index in [9.17, 15) is 4.79 Å². The number of likely N-dealkylation sites (N-methyl/N-ethyl adjacent to an activating group) is 1. The average molecular weight is 410 g/mol. The molecule has 0 saturated carbocycles. The molecule has 3 aromatic rings. The molecule has 6 heteroatoms. The third-order valence-electron chi connectivity index (χ3n) is 5.30. The second-order valence-electron chi connectivity index (χ2n) is 7.31. The molecule has 0 bridgehead atoms. The van der Waals surface area contributed by atoms with Crippen LogP contribution in [0.2, 0.25) is 5.02 Å². The monoisotopic (exact) mass is 409 g/mol. The average Bonchev–Trinajstić information content (AvgIpc) is 3.28. The lowest BCUT2D eigenvalue weighted by atomic mass is 10.1. The molecule has 29 heavy (non-hydrogen) atoms. The maximum absolute atomic E-state index is 12.7. The zero-order valence-corrected chi connectivity index (χ0v) is 17.2. The summed E-state index contributed by atoms with van der Waals surface area (Å²) in [6.07, 6.45) is 4.13. The second kappa shape index (κ2) is 8.70. The number of benzene rings is 2. The predicted octanol–water partition coefficient (Wildman–Crippen LogP) is 4.53. The van der Waals surface area contributed by atoms with Gasteiger partial charge in [-0.15, -0.1) is 0 Å². The smallest absolute Gasteiger partial charge is 0.260 e. The van der Waals surface area contributed by atoms with Gasteiger partial charge in [0.25, 0.3) is 5.91 Å². The van der Waals surface area contributed by atoms with Gasteiger partial charge < -0.3 is 14.5 Å². The summed E-state index contributed by atoms with van der Waals surface area (Å²) < 4.78 is 5.80. The first-order valence-electron chi connectivity index (χ1n) is 9.86. The van der Waals surface area contributed by atoms with Crippen LogP contribution < -0.4 is 9.64 Å². The maximum atomic E-state index is 12.7.